The van der Waals surface area contributed by atoms with Crippen LogP contribution in [0.3, 0.4) is 0 Å². The summed E-state index contributed by atoms with van der Waals surface area (Å²) in [6, 6.07) is 8.97. The second-order valence-corrected chi connectivity index (χ2v) is 8.27. The van der Waals surface area contributed by atoms with E-state index in [0.29, 0.717) is 43.2 Å². The van der Waals surface area contributed by atoms with E-state index in [0.717, 1.165) is 0 Å². The van der Waals surface area contributed by atoms with E-state index in [-0.39, 0.29) is 27.4 Å². The number of methoxy groups -OCH3 is 2. The predicted molar refractivity (Wildman–Crippen MR) is 125 cm³/mol. The topological polar surface area (TPSA) is 88.2 Å². The van der Waals surface area contributed by atoms with Crippen molar-refractivity contribution < 1.29 is 23.9 Å². The Hall–Kier alpha value is -2.97. The number of carbonyl (C=O) groups excluding carboxylic acids is 3. The van der Waals surface area contributed by atoms with Crippen molar-refractivity contribution >= 4 is 40.9 Å². The van der Waals surface area contributed by atoms with Gasteiger partial charge in [0.25, 0.3) is 11.8 Å². The Bertz CT molecular complexity index is 1050. The lowest BCUT2D eigenvalue weighted by Gasteiger charge is -2.36. The average molecular weight is 494 g/mol. The third kappa shape index (κ3) is 5.51. The summed E-state index contributed by atoms with van der Waals surface area (Å²) < 4.78 is 10.5. The van der Waals surface area contributed by atoms with E-state index < -0.39 is 11.9 Å². The minimum Gasteiger partial charge on any atom is -0.493 e. The fraction of sp³-hybridized carbons (Fsp3) is 0.348. The first-order valence-electron chi connectivity index (χ1n) is 10.3. The number of benzene rings is 2. The highest BCUT2D eigenvalue weighted by atomic mass is 35.5. The molecule has 10 heteroatoms. The van der Waals surface area contributed by atoms with Crippen molar-refractivity contribution in [1.82, 2.24) is 15.1 Å². The van der Waals surface area contributed by atoms with Crippen LogP contribution in [-0.2, 0) is 4.79 Å². The molecule has 1 atom stereocenters. The number of rotatable bonds is 6. The Morgan fingerprint density at radius 1 is 0.939 bits per heavy atom. The molecular formula is C23H25Cl2N3O5. The van der Waals surface area contributed by atoms with Crippen LogP contribution in [0.2, 0.25) is 10.0 Å². The first-order chi connectivity index (χ1) is 15.8. The third-order valence-electron chi connectivity index (χ3n) is 5.42. The Morgan fingerprint density at radius 2 is 1.58 bits per heavy atom. The zero-order valence-electron chi connectivity index (χ0n) is 18.6. The molecule has 3 rings (SSSR count). The maximum absolute atomic E-state index is 12.9. The minimum absolute atomic E-state index is 0.138. The highest BCUT2D eigenvalue weighted by Gasteiger charge is 2.29. The van der Waals surface area contributed by atoms with Gasteiger partial charge in [-0.05, 0) is 37.3 Å². The molecule has 0 radical (unpaired) electrons. The van der Waals surface area contributed by atoms with Gasteiger partial charge in [0.05, 0.1) is 29.8 Å². The molecule has 1 unspecified atom stereocenters. The second kappa shape index (κ2) is 10.8. The summed E-state index contributed by atoms with van der Waals surface area (Å²) in [4.78, 5) is 41.5. The Balaban J connectivity index is 1.57. The van der Waals surface area contributed by atoms with E-state index in [1.54, 1.807) is 53.1 Å². The van der Waals surface area contributed by atoms with Crippen LogP contribution in [0.4, 0.5) is 0 Å². The van der Waals surface area contributed by atoms with Crippen molar-refractivity contribution in [2.45, 2.75) is 13.0 Å². The molecule has 1 N–H and O–H groups in total. The van der Waals surface area contributed by atoms with Gasteiger partial charge < -0.3 is 24.6 Å². The van der Waals surface area contributed by atoms with Crippen LogP contribution in [0.5, 0.6) is 11.5 Å². The molecule has 0 bridgehead atoms. The fourth-order valence-electron chi connectivity index (χ4n) is 3.57. The zero-order chi connectivity index (χ0) is 24.1. The fourth-order valence-corrected chi connectivity index (χ4v) is 3.96. The van der Waals surface area contributed by atoms with E-state index in [4.69, 9.17) is 32.7 Å². The molecule has 0 aromatic heterocycles. The van der Waals surface area contributed by atoms with Crippen LogP contribution in [0.25, 0.3) is 0 Å². The van der Waals surface area contributed by atoms with Gasteiger partial charge in [-0.2, -0.15) is 0 Å². The standard InChI is InChI=1S/C23H25Cl2N3O5/c1-14(26-21(29)16-5-4-6-17(24)20(16)25)22(30)27-9-11-28(12-10-27)23(31)15-7-8-18(32-2)19(13-15)33-3/h4-8,13-14H,9-12H2,1-3H3,(H,26,29). The molecule has 0 aliphatic carbocycles. The van der Waals surface area contributed by atoms with Gasteiger partial charge in [0.2, 0.25) is 5.91 Å². The highest BCUT2D eigenvalue weighted by molar-refractivity contribution is 6.43. The summed E-state index contributed by atoms with van der Waals surface area (Å²) in [7, 11) is 3.04. The van der Waals surface area contributed by atoms with Crippen LogP contribution in [0.15, 0.2) is 36.4 Å². The van der Waals surface area contributed by atoms with Crippen LogP contribution in [0.1, 0.15) is 27.6 Å². The van der Waals surface area contributed by atoms with Crippen molar-refractivity contribution in [3.63, 3.8) is 0 Å². The lowest BCUT2D eigenvalue weighted by atomic mass is 10.1. The Labute approximate surface area is 202 Å². The van der Waals surface area contributed by atoms with Gasteiger partial charge in [-0.15, -0.1) is 0 Å². The van der Waals surface area contributed by atoms with E-state index >= 15 is 0 Å². The monoisotopic (exact) mass is 493 g/mol. The van der Waals surface area contributed by atoms with E-state index in [9.17, 15) is 14.4 Å². The molecular weight excluding hydrogens is 469 g/mol. The molecule has 0 saturated carbocycles. The molecule has 2 aromatic rings. The summed E-state index contributed by atoms with van der Waals surface area (Å²) in [5.41, 5.74) is 0.681. The molecule has 176 valence electrons. The van der Waals surface area contributed by atoms with Gasteiger partial charge in [0.1, 0.15) is 6.04 Å². The van der Waals surface area contributed by atoms with Crippen molar-refractivity contribution in [2.24, 2.45) is 0 Å². The normalized spacial score (nSPS) is 14.5. The molecule has 1 saturated heterocycles. The van der Waals surface area contributed by atoms with E-state index in [2.05, 4.69) is 5.32 Å². The quantitative estimate of drug-likeness (QED) is 0.667. The number of halogens is 2. The summed E-state index contributed by atoms with van der Waals surface area (Å²) in [5.74, 6) is 0.145. The lowest BCUT2D eigenvalue weighted by molar-refractivity contribution is -0.134. The van der Waals surface area contributed by atoms with Crippen molar-refractivity contribution in [3.05, 3.63) is 57.6 Å². The number of nitrogens with one attached hydrogen (secondary N) is 1. The van der Waals surface area contributed by atoms with E-state index in [1.165, 1.54) is 14.2 Å². The number of amides is 3. The average Bonchev–Trinajstić information content (AvgIpc) is 2.84. The molecule has 2 aromatic carbocycles. The van der Waals surface area contributed by atoms with Crippen LogP contribution < -0.4 is 14.8 Å². The Kier molecular flexibility index (Phi) is 8.05. The van der Waals surface area contributed by atoms with Crippen LogP contribution in [0, 0.1) is 0 Å². The van der Waals surface area contributed by atoms with E-state index in [1.807, 2.05) is 0 Å². The Morgan fingerprint density at radius 3 is 2.21 bits per heavy atom. The number of carbonyl (C=O) groups is 3. The van der Waals surface area contributed by atoms with Gasteiger partial charge in [0, 0.05) is 31.7 Å². The zero-order valence-corrected chi connectivity index (χ0v) is 20.1. The third-order valence-corrected chi connectivity index (χ3v) is 6.24. The van der Waals surface area contributed by atoms with Crippen LogP contribution in [-0.4, -0.2) is 74.0 Å². The first kappa shape index (κ1) is 24.7. The van der Waals surface area contributed by atoms with Crippen molar-refractivity contribution in [2.75, 3.05) is 40.4 Å². The molecule has 0 spiro atoms. The number of ether oxygens (including phenoxy) is 2. The summed E-state index contributed by atoms with van der Waals surface area (Å²) in [6.07, 6.45) is 0. The number of hydrogen-bond donors (Lipinski definition) is 1. The van der Waals surface area contributed by atoms with Crippen molar-refractivity contribution in [1.29, 1.82) is 0 Å². The number of hydrogen-bond acceptors (Lipinski definition) is 5. The second-order valence-electron chi connectivity index (χ2n) is 7.48. The molecule has 1 aliphatic heterocycles. The number of piperazine rings is 1. The van der Waals surface area contributed by atoms with Crippen LogP contribution >= 0.6 is 23.2 Å². The highest BCUT2D eigenvalue weighted by Crippen LogP contribution is 2.28. The molecule has 33 heavy (non-hydrogen) atoms. The molecule has 1 heterocycles. The van der Waals surface area contributed by atoms with Crippen molar-refractivity contribution in [3.8, 4) is 11.5 Å². The maximum Gasteiger partial charge on any atom is 0.254 e. The SMILES string of the molecule is COc1ccc(C(=O)N2CCN(C(=O)C(C)NC(=O)c3cccc(Cl)c3Cl)CC2)cc1OC. The molecule has 1 fully saturated rings. The van der Waals surface area contributed by atoms with Gasteiger partial charge in [0.15, 0.2) is 11.5 Å². The van der Waals surface area contributed by atoms with Gasteiger partial charge in [-0.25, -0.2) is 0 Å². The molecule has 8 nitrogen and oxygen atoms in total. The first-order valence-corrected chi connectivity index (χ1v) is 11.1. The molecule has 1 aliphatic rings. The predicted octanol–water partition coefficient (Wildman–Crippen LogP) is 3.11. The van der Waals surface area contributed by atoms with Gasteiger partial charge >= 0.3 is 0 Å². The maximum atomic E-state index is 12.9. The number of nitrogens with zero attached hydrogens (tertiary/aromatic N) is 2. The lowest BCUT2D eigenvalue weighted by Crippen LogP contribution is -2.55. The van der Waals surface area contributed by atoms with Gasteiger partial charge in [-0.1, -0.05) is 29.3 Å². The minimum atomic E-state index is -0.763. The van der Waals surface area contributed by atoms with Gasteiger partial charge in [-0.3, -0.25) is 14.4 Å². The summed E-state index contributed by atoms with van der Waals surface area (Å²) in [6.45, 7) is 3.07. The summed E-state index contributed by atoms with van der Waals surface area (Å²) in [5, 5.41) is 3.07. The largest absolute Gasteiger partial charge is 0.493 e. The molecule has 3 amide bonds. The smallest absolute Gasteiger partial charge is 0.254 e. The summed E-state index contributed by atoms with van der Waals surface area (Å²) >= 11 is 12.1.